The van der Waals surface area contributed by atoms with Crippen LogP contribution in [0.3, 0.4) is 0 Å². The van der Waals surface area contributed by atoms with E-state index in [1.807, 2.05) is 0 Å². The van der Waals surface area contributed by atoms with Crippen molar-refractivity contribution in [2.24, 2.45) is 11.8 Å². The Balaban J connectivity index is 1.86. The van der Waals surface area contributed by atoms with Crippen molar-refractivity contribution < 1.29 is 14.7 Å². The van der Waals surface area contributed by atoms with Gasteiger partial charge in [-0.3, -0.25) is 9.59 Å². The summed E-state index contributed by atoms with van der Waals surface area (Å²) in [7, 11) is 3.87. The number of hydrogen-bond donors (Lipinski definition) is 1. The molecule has 23 heavy (non-hydrogen) atoms. The van der Waals surface area contributed by atoms with Crippen LogP contribution >= 0.6 is 0 Å². The number of hydrogen-bond acceptors (Lipinski definition) is 3. The van der Waals surface area contributed by atoms with E-state index < -0.39 is 11.9 Å². The van der Waals surface area contributed by atoms with E-state index in [0.29, 0.717) is 12.6 Å². The number of carbonyl (C=O) groups excluding carboxylic acids is 1. The van der Waals surface area contributed by atoms with E-state index in [-0.39, 0.29) is 11.8 Å². The molecular weight excluding hydrogens is 292 g/mol. The van der Waals surface area contributed by atoms with Gasteiger partial charge in [-0.2, -0.15) is 0 Å². The third-order valence-corrected chi connectivity index (χ3v) is 5.77. The number of carboxylic acids is 1. The summed E-state index contributed by atoms with van der Waals surface area (Å²) in [5.41, 5.74) is 0. The molecule has 2 saturated carbocycles. The average molecular weight is 324 g/mol. The van der Waals surface area contributed by atoms with Crippen LogP contribution in [0.1, 0.15) is 57.8 Å². The van der Waals surface area contributed by atoms with Crippen LogP contribution in [0.5, 0.6) is 0 Å². The third kappa shape index (κ3) is 4.93. The van der Waals surface area contributed by atoms with Gasteiger partial charge >= 0.3 is 5.97 Å². The van der Waals surface area contributed by atoms with Crippen molar-refractivity contribution in [3.8, 4) is 0 Å². The highest BCUT2D eigenvalue weighted by molar-refractivity contribution is 5.97. The van der Waals surface area contributed by atoms with Crippen molar-refractivity contribution >= 4 is 11.9 Å². The van der Waals surface area contributed by atoms with E-state index in [1.54, 1.807) is 11.9 Å². The lowest BCUT2D eigenvalue weighted by Gasteiger charge is -2.31. The SMILES string of the molecule is CN(CCN(C)C1CCCC1)C(=O)C(C(=O)O)C1CCCCC1. The number of likely N-dealkylation sites (N-methyl/N-ethyl adjacent to an activating group) is 2. The fourth-order valence-electron chi connectivity index (χ4n) is 4.16. The van der Waals surface area contributed by atoms with Gasteiger partial charge in [0.25, 0.3) is 0 Å². The first-order chi connectivity index (χ1) is 11.0. The predicted molar refractivity (Wildman–Crippen MR) is 90.2 cm³/mol. The van der Waals surface area contributed by atoms with Crippen LogP contribution in [0.2, 0.25) is 0 Å². The number of nitrogens with zero attached hydrogens (tertiary/aromatic N) is 2. The first kappa shape index (κ1) is 18.2. The van der Waals surface area contributed by atoms with Crippen molar-refractivity contribution in [2.45, 2.75) is 63.8 Å². The summed E-state index contributed by atoms with van der Waals surface area (Å²) in [4.78, 5) is 28.2. The van der Waals surface area contributed by atoms with E-state index in [0.717, 1.165) is 32.2 Å². The second-order valence-electron chi connectivity index (χ2n) is 7.39. The molecule has 0 bridgehead atoms. The fraction of sp³-hybridized carbons (Fsp3) is 0.889. The van der Waals surface area contributed by atoms with Crippen LogP contribution in [-0.2, 0) is 9.59 Å². The maximum absolute atomic E-state index is 12.6. The van der Waals surface area contributed by atoms with Gasteiger partial charge in [-0.1, -0.05) is 32.1 Å². The summed E-state index contributed by atoms with van der Waals surface area (Å²) < 4.78 is 0. The normalized spacial score (nSPS) is 21.5. The molecule has 0 spiro atoms. The second kappa shape index (κ2) is 8.67. The Labute approximate surface area is 140 Å². The summed E-state index contributed by atoms with van der Waals surface area (Å²) in [5.74, 6) is -1.98. The lowest BCUT2D eigenvalue weighted by molar-refractivity contribution is -0.154. The number of rotatable bonds is 7. The first-order valence-electron chi connectivity index (χ1n) is 9.18. The van der Waals surface area contributed by atoms with Gasteiger partial charge in [-0.05, 0) is 38.6 Å². The van der Waals surface area contributed by atoms with E-state index in [1.165, 1.54) is 32.1 Å². The molecule has 0 radical (unpaired) electrons. The molecule has 5 heteroatoms. The Bertz CT molecular complexity index is 401. The zero-order chi connectivity index (χ0) is 16.8. The maximum Gasteiger partial charge on any atom is 0.316 e. The lowest BCUT2D eigenvalue weighted by Crippen LogP contribution is -2.44. The van der Waals surface area contributed by atoms with Crippen molar-refractivity contribution in [1.29, 1.82) is 0 Å². The second-order valence-corrected chi connectivity index (χ2v) is 7.39. The van der Waals surface area contributed by atoms with Crippen molar-refractivity contribution in [3.63, 3.8) is 0 Å². The summed E-state index contributed by atoms with van der Waals surface area (Å²) >= 11 is 0. The van der Waals surface area contributed by atoms with Gasteiger partial charge in [0.05, 0.1) is 0 Å². The molecule has 132 valence electrons. The molecule has 0 aromatic carbocycles. The van der Waals surface area contributed by atoms with E-state index in [9.17, 15) is 14.7 Å². The van der Waals surface area contributed by atoms with Crippen LogP contribution in [0.25, 0.3) is 0 Å². The highest BCUT2D eigenvalue weighted by Crippen LogP contribution is 2.31. The molecule has 0 aliphatic heterocycles. The Hall–Kier alpha value is -1.10. The molecule has 1 unspecified atom stereocenters. The van der Waals surface area contributed by atoms with Crippen molar-refractivity contribution in [3.05, 3.63) is 0 Å². The predicted octanol–water partition coefficient (Wildman–Crippen LogP) is 2.60. The minimum absolute atomic E-state index is 0.0174. The fourth-order valence-corrected chi connectivity index (χ4v) is 4.16. The van der Waals surface area contributed by atoms with Gasteiger partial charge in [-0.25, -0.2) is 0 Å². The van der Waals surface area contributed by atoms with Crippen molar-refractivity contribution in [1.82, 2.24) is 9.80 Å². The summed E-state index contributed by atoms with van der Waals surface area (Å²) in [6, 6.07) is 0.632. The molecular formula is C18H32N2O3. The van der Waals surface area contributed by atoms with E-state index in [2.05, 4.69) is 11.9 Å². The van der Waals surface area contributed by atoms with E-state index in [4.69, 9.17) is 0 Å². The third-order valence-electron chi connectivity index (χ3n) is 5.77. The Morgan fingerprint density at radius 2 is 1.52 bits per heavy atom. The Kier molecular flexibility index (Phi) is 6.88. The van der Waals surface area contributed by atoms with Gasteiger partial charge in [-0.15, -0.1) is 0 Å². The van der Waals surface area contributed by atoms with Crippen LogP contribution < -0.4 is 0 Å². The van der Waals surface area contributed by atoms with Crippen LogP contribution in [-0.4, -0.2) is 60.0 Å². The molecule has 0 saturated heterocycles. The summed E-state index contributed by atoms with van der Waals surface area (Å²) in [5, 5.41) is 9.54. The first-order valence-corrected chi connectivity index (χ1v) is 9.18. The van der Waals surface area contributed by atoms with Gasteiger partial charge in [0, 0.05) is 26.2 Å². The monoisotopic (exact) mass is 324 g/mol. The van der Waals surface area contributed by atoms with Crippen LogP contribution in [0.15, 0.2) is 0 Å². The van der Waals surface area contributed by atoms with E-state index >= 15 is 0 Å². The molecule has 1 amide bonds. The maximum atomic E-state index is 12.6. The van der Waals surface area contributed by atoms with Gasteiger partial charge in [0.1, 0.15) is 5.92 Å². The standard InChI is InChI=1S/C18H32N2O3/c1-19(15-10-6-7-11-15)12-13-20(2)17(21)16(18(22)23)14-8-4-3-5-9-14/h14-16H,3-13H2,1-2H3,(H,22,23). The van der Waals surface area contributed by atoms with Crippen LogP contribution in [0.4, 0.5) is 0 Å². The van der Waals surface area contributed by atoms with Crippen LogP contribution in [0, 0.1) is 11.8 Å². The largest absolute Gasteiger partial charge is 0.481 e. The molecule has 1 atom stereocenters. The summed E-state index contributed by atoms with van der Waals surface area (Å²) in [6.07, 6.45) is 10.1. The molecule has 2 rings (SSSR count). The minimum atomic E-state index is -0.946. The number of carbonyl (C=O) groups is 2. The Morgan fingerprint density at radius 1 is 0.957 bits per heavy atom. The molecule has 0 heterocycles. The van der Waals surface area contributed by atoms with Gasteiger partial charge in [0.2, 0.25) is 5.91 Å². The zero-order valence-corrected chi connectivity index (χ0v) is 14.7. The topological polar surface area (TPSA) is 60.9 Å². The molecule has 2 fully saturated rings. The molecule has 5 nitrogen and oxygen atoms in total. The highest BCUT2D eigenvalue weighted by Gasteiger charge is 2.37. The summed E-state index contributed by atoms with van der Waals surface area (Å²) in [6.45, 7) is 1.44. The minimum Gasteiger partial charge on any atom is -0.481 e. The zero-order valence-electron chi connectivity index (χ0n) is 14.7. The molecule has 0 aromatic heterocycles. The molecule has 0 aromatic rings. The molecule has 2 aliphatic carbocycles. The number of carboxylic acid groups (broad SMARTS) is 1. The smallest absolute Gasteiger partial charge is 0.316 e. The molecule has 2 aliphatic rings. The number of aliphatic carboxylic acids is 1. The molecule has 1 N–H and O–H groups in total. The van der Waals surface area contributed by atoms with Crippen molar-refractivity contribution in [2.75, 3.05) is 27.2 Å². The highest BCUT2D eigenvalue weighted by atomic mass is 16.4. The number of amides is 1. The van der Waals surface area contributed by atoms with Gasteiger partial charge in [0.15, 0.2) is 0 Å². The van der Waals surface area contributed by atoms with Gasteiger partial charge < -0.3 is 14.9 Å². The lowest BCUT2D eigenvalue weighted by atomic mass is 9.79. The quantitative estimate of drug-likeness (QED) is 0.731. The Morgan fingerprint density at radius 3 is 2.09 bits per heavy atom. The average Bonchev–Trinajstić information content (AvgIpc) is 3.07.